The van der Waals surface area contributed by atoms with Crippen LogP contribution in [-0.2, 0) is 14.3 Å². The third kappa shape index (κ3) is 8.14. The number of nitrogens with two attached hydrogens (primary N) is 1. The van der Waals surface area contributed by atoms with E-state index >= 15 is 0 Å². The lowest BCUT2D eigenvalue weighted by molar-refractivity contribution is -0.148. The fourth-order valence-corrected chi connectivity index (χ4v) is 2.44. The number of amides is 1. The molecule has 0 aromatic carbocycles. The smallest absolute Gasteiger partial charge is 0.323 e. The molecule has 1 fully saturated rings. The van der Waals surface area contributed by atoms with Crippen molar-refractivity contribution in [1.29, 1.82) is 0 Å². The number of carbonyl (C=O) groups excluding carboxylic acids is 2. The van der Waals surface area contributed by atoms with Crippen molar-refractivity contribution in [2.45, 2.75) is 52.7 Å². The van der Waals surface area contributed by atoms with Gasteiger partial charge >= 0.3 is 5.97 Å². The zero-order valence-corrected chi connectivity index (χ0v) is 14.1. The number of ether oxygens (including phenoxy) is 1. The number of hydrogen-bond acceptors (Lipinski definition) is 5. The van der Waals surface area contributed by atoms with Gasteiger partial charge in [0.2, 0.25) is 5.91 Å². The molecule has 0 radical (unpaired) electrons. The molecule has 6 heteroatoms. The predicted octanol–water partition coefficient (Wildman–Crippen LogP) is 1.08. The lowest BCUT2D eigenvalue weighted by Gasteiger charge is -2.24. The summed E-state index contributed by atoms with van der Waals surface area (Å²) in [6.45, 7) is 8.85. The fourth-order valence-electron chi connectivity index (χ4n) is 2.44. The number of rotatable bonds is 6. The van der Waals surface area contributed by atoms with Crippen LogP contribution in [0.4, 0.5) is 0 Å². The van der Waals surface area contributed by atoms with E-state index in [4.69, 9.17) is 4.74 Å². The maximum absolute atomic E-state index is 11.9. The number of carbonyl (C=O) groups is 2. The summed E-state index contributed by atoms with van der Waals surface area (Å²) < 4.78 is 5.11. The van der Waals surface area contributed by atoms with Crippen LogP contribution in [0.3, 0.4) is 0 Å². The molecule has 6 nitrogen and oxygen atoms in total. The van der Waals surface area contributed by atoms with Gasteiger partial charge in [0.1, 0.15) is 6.04 Å². The average Bonchev–Trinajstić information content (AvgIpc) is 2.81. The lowest BCUT2D eigenvalue weighted by Crippen LogP contribution is -2.41. The zero-order chi connectivity index (χ0) is 17.1. The third-order valence-electron chi connectivity index (χ3n) is 3.38. The zero-order valence-electron chi connectivity index (χ0n) is 14.1. The maximum Gasteiger partial charge on any atom is 0.323 e. The quantitative estimate of drug-likeness (QED) is 0.565. The molecule has 0 spiro atoms. The topological polar surface area (TPSA) is 92.9 Å². The minimum atomic E-state index is -0.369. The number of nitrogens with zero attached hydrogens (tertiary/aromatic N) is 1. The highest BCUT2D eigenvalue weighted by atomic mass is 16.5. The van der Waals surface area contributed by atoms with E-state index in [9.17, 15) is 14.7 Å². The van der Waals surface area contributed by atoms with Crippen molar-refractivity contribution in [3.8, 4) is 0 Å². The molecule has 1 amide bonds. The van der Waals surface area contributed by atoms with E-state index in [0.29, 0.717) is 25.5 Å². The molecule has 1 aliphatic heterocycles. The average molecular weight is 314 g/mol. The van der Waals surface area contributed by atoms with Gasteiger partial charge in [0.15, 0.2) is 0 Å². The van der Waals surface area contributed by atoms with Gasteiger partial charge in [-0.15, -0.1) is 0 Å². The first-order chi connectivity index (χ1) is 10.3. The number of β-amino-alcohol motifs (C(OH)–C–C–N with tert-alkyl or cyclic N) is 1. The minimum absolute atomic E-state index is 0.159. The third-order valence-corrected chi connectivity index (χ3v) is 3.38. The van der Waals surface area contributed by atoms with Crippen molar-refractivity contribution in [2.24, 2.45) is 11.7 Å². The molecule has 0 aromatic heterocycles. The summed E-state index contributed by atoms with van der Waals surface area (Å²) in [5, 5.41) is 9.75. The number of aliphatic hydroxyl groups is 1. The summed E-state index contributed by atoms with van der Waals surface area (Å²) in [4.78, 5) is 23.2. The van der Waals surface area contributed by atoms with E-state index < -0.39 is 0 Å². The Morgan fingerprint density at radius 3 is 2.50 bits per heavy atom. The van der Waals surface area contributed by atoms with Gasteiger partial charge in [0.25, 0.3) is 0 Å². The highest BCUT2D eigenvalue weighted by Gasteiger charge is 2.37. The summed E-state index contributed by atoms with van der Waals surface area (Å²) in [6, 6.07) is -0.202. The minimum Gasteiger partial charge on any atom is -0.465 e. The van der Waals surface area contributed by atoms with Crippen LogP contribution in [0.1, 0.15) is 40.5 Å². The second-order valence-electron chi connectivity index (χ2n) is 5.42. The van der Waals surface area contributed by atoms with E-state index in [1.54, 1.807) is 0 Å². The molecule has 3 atom stereocenters. The largest absolute Gasteiger partial charge is 0.465 e. The van der Waals surface area contributed by atoms with Gasteiger partial charge in [0, 0.05) is 20.0 Å². The van der Waals surface area contributed by atoms with Crippen molar-refractivity contribution in [3.05, 3.63) is 12.2 Å². The van der Waals surface area contributed by atoms with Crippen molar-refractivity contribution < 1.29 is 19.4 Å². The van der Waals surface area contributed by atoms with Crippen LogP contribution in [0.5, 0.6) is 0 Å². The molecule has 1 unspecified atom stereocenters. The first-order valence-corrected chi connectivity index (χ1v) is 7.83. The predicted molar refractivity (Wildman–Crippen MR) is 86.1 cm³/mol. The Kier molecular flexibility index (Phi) is 10.5. The van der Waals surface area contributed by atoms with Crippen LogP contribution < -0.4 is 5.73 Å². The maximum atomic E-state index is 11.9. The SMILES string of the molecule is CC(N)=O.CC=C[C@H]1C[C@@H](C(=O)OCC)N(CC(O)CC)C1. The molecule has 0 aliphatic carbocycles. The van der Waals surface area contributed by atoms with Crippen molar-refractivity contribution >= 4 is 11.9 Å². The van der Waals surface area contributed by atoms with E-state index in [-0.39, 0.29) is 24.0 Å². The monoisotopic (exact) mass is 314 g/mol. The Labute approximate surface area is 133 Å². The van der Waals surface area contributed by atoms with Crippen LogP contribution in [0.15, 0.2) is 12.2 Å². The van der Waals surface area contributed by atoms with Crippen LogP contribution in [0.25, 0.3) is 0 Å². The summed E-state index contributed by atoms with van der Waals surface area (Å²) in [6.07, 6.45) is 5.28. The van der Waals surface area contributed by atoms with E-state index in [2.05, 4.69) is 16.7 Å². The second-order valence-corrected chi connectivity index (χ2v) is 5.42. The van der Waals surface area contributed by atoms with Crippen LogP contribution in [0.2, 0.25) is 0 Å². The molecule has 22 heavy (non-hydrogen) atoms. The molecule has 3 N–H and O–H groups in total. The van der Waals surface area contributed by atoms with Gasteiger partial charge in [-0.1, -0.05) is 19.1 Å². The Morgan fingerprint density at radius 1 is 1.45 bits per heavy atom. The van der Waals surface area contributed by atoms with Crippen molar-refractivity contribution in [1.82, 2.24) is 4.90 Å². The van der Waals surface area contributed by atoms with Gasteiger partial charge in [-0.25, -0.2) is 0 Å². The van der Waals surface area contributed by atoms with Gasteiger partial charge in [0.05, 0.1) is 12.7 Å². The number of hydrogen-bond donors (Lipinski definition) is 2. The van der Waals surface area contributed by atoms with Gasteiger partial charge in [-0.2, -0.15) is 0 Å². The number of allylic oxidation sites excluding steroid dienone is 1. The Balaban J connectivity index is 0.000000980. The first-order valence-electron chi connectivity index (χ1n) is 7.83. The molecule has 0 saturated carbocycles. The first kappa shape index (κ1) is 20.6. The highest BCUT2D eigenvalue weighted by molar-refractivity contribution is 5.76. The second kappa shape index (κ2) is 11.2. The van der Waals surface area contributed by atoms with Crippen LogP contribution in [-0.4, -0.2) is 53.7 Å². The molecule has 1 rings (SSSR count). The van der Waals surface area contributed by atoms with E-state index in [1.807, 2.05) is 26.8 Å². The summed E-state index contributed by atoms with van der Waals surface area (Å²) in [7, 11) is 0. The standard InChI is InChI=1S/C14H25NO3.C2H5NO/c1-4-7-11-8-13(14(17)18-6-3)15(9-11)10-12(16)5-2;1-2(3)4/h4,7,11-13,16H,5-6,8-10H2,1-3H3;1H3,(H2,3,4)/t11-,12?,13-;/m0./s1. The van der Waals surface area contributed by atoms with Gasteiger partial charge in [-0.3, -0.25) is 14.5 Å². The molecule has 0 aromatic rings. The van der Waals surface area contributed by atoms with E-state index in [1.165, 1.54) is 6.92 Å². The fraction of sp³-hybridized carbons (Fsp3) is 0.750. The highest BCUT2D eigenvalue weighted by Crippen LogP contribution is 2.25. The summed E-state index contributed by atoms with van der Waals surface area (Å²) in [5.74, 6) is -0.110. The number of esters is 1. The number of likely N-dealkylation sites (tertiary alicyclic amines) is 1. The molecule has 0 bridgehead atoms. The van der Waals surface area contributed by atoms with Crippen molar-refractivity contribution in [2.75, 3.05) is 19.7 Å². The number of aliphatic hydroxyl groups excluding tert-OH is 1. The normalized spacial score (nSPS) is 23.0. The summed E-state index contributed by atoms with van der Waals surface area (Å²) in [5.41, 5.74) is 4.47. The molecular formula is C16H30N2O4. The van der Waals surface area contributed by atoms with Crippen molar-refractivity contribution in [3.63, 3.8) is 0 Å². The molecule has 1 aliphatic rings. The molecule has 1 saturated heterocycles. The van der Waals surface area contributed by atoms with E-state index in [0.717, 1.165) is 13.0 Å². The Hall–Kier alpha value is -1.40. The number of primary amides is 1. The molecular weight excluding hydrogens is 284 g/mol. The van der Waals surface area contributed by atoms with Gasteiger partial charge < -0.3 is 15.6 Å². The molecule has 1 heterocycles. The Bertz CT molecular complexity index is 367. The van der Waals surface area contributed by atoms with Gasteiger partial charge in [-0.05, 0) is 32.6 Å². The lowest BCUT2D eigenvalue weighted by atomic mass is 10.1. The van der Waals surface area contributed by atoms with Crippen LogP contribution >= 0.6 is 0 Å². The summed E-state index contributed by atoms with van der Waals surface area (Å²) >= 11 is 0. The van der Waals surface area contributed by atoms with Crippen LogP contribution in [0, 0.1) is 5.92 Å². The Morgan fingerprint density at radius 2 is 2.05 bits per heavy atom. The molecule has 128 valence electrons.